The molecule has 13 heavy (non-hydrogen) atoms. The van der Waals surface area contributed by atoms with Crippen molar-refractivity contribution in [3.63, 3.8) is 0 Å². The van der Waals surface area contributed by atoms with Crippen molar-refractivity contribution in [1.29, 1.82) is 0 Å². The first-order valence-corrected chi connectivity index (χ1v) is 4.88. The third kappa shape index (κ3) is 3.74. The standard InChI is InChI=1S/C7H9NO3S.Na.H/c1-2-11-12(9,10)7-5-3-4-6-8-7;;/h3-6H,2H2,1H3;;. The van der Waals surface area contributed by atoms with E-state index in [1.165, 1.54) is 12.3 Å². The molecule has 1 rings (SSSR count). The molecule has 1 aromatic heterocycles. The van der Waals surface area contributed by atoms with Gasteiger partial charge in [0.05, 0.1) is 6.61 Å². The maximum absolute atomic E-state index is 11.1. The molecule has 1 heterocycles. The number of pyridine rings is 1. The van der Waals surface area contributed by atoms with Gasteiger partial charge < -0.3 is 0 Å². The molecule has 6 heteroatoms. The third-order valence-electron chi connectivity index (χ3n) is 1.17. The summed E-state index contributed by atoms with van der Waals surface area (Å²) in [5.74, 6) is 0. The molecule has 1 aromatic rings. The Morgan fingerprint density at radius 1 is 1.46 bits per heavy atom. The summed E-state index contributed by atoms with van der Waals surface area (Å²) >= 11 is 0. The van der Waals surface area contributed by atoms with Gasteiger partial charge in [0.2, 0.25) is 0 Å². The molecule has 0 saturated heterocycles. The van der Waals surface area contributed by atoms with Crippen LogP contribution in [0.3, 0.4) is 0 Å². The van der Waals surface area contributed by atoms with Crippen LogP contribution in [0.1, 0.15) is 6.92 Å². The van der Waals surface area contributed by atoms with E-state index in [1.807, 2.05) is 0 Å². The topological polar surface area (TPSA) is 56.3 Å². The van der Waals surface area contributed by atoms with Crippen LogP contribution < -0.4 is 0 Å². The van der Waals surface area contributed by atoms with Gasteiger partial charge in [0, 0.05) is 6.20 Å². The van der Waals surface area contributed by atoms with E-state index in [4.69, 9.17) is 0 Å². The summed E-state index contributed by atoms with van der Waals surface area (Å²) in [5.41, 5.74) is 0. The summed E-state index contributed by atoms with van der Waals surface area (Å²) in [6.07, 6.45) is 1.41. The van der Waals surface area contributed by atoms with Crippen molar-refractivity contribution >= 4 is 39.7 Å². The fraction of sp³-hybridized carbons (Fsp3) is 0.286. The van der Waals surface area contributed by atoms with Crippen LogP contribution >= 0.6 is 0 Å². The first-order valence-electron chi connectivity index (χ1n) is 3.47. The van der Waals surface area contributed by atoms with Crippen LogP contribution in [-0.2, 0) is 14.3 Å². The molecule has 0 fully saturated rings. The van der Waals surface area contributed by atoms with Crippen LogP contribution in [0, 0.1) is 0 Å². The zero-order chi connectivity index (χ0) is 9.03. The fourth-order valence-electron chi connectivity index (χ4n) is 0.710. The van der Waals surface area contributed by atoms with Crippen molar-refractivity contribution in [3.8, 4) is 0 Å². The zero-order valence-corrected chi connectivity index (χ0v) is 7.41. The van der Waals surface area contributed by atoms with Crippen molar-refractivity contribution in [2.75, 3.05) is 6.61 Å². The molecule has 0 aliphatic rings. The quantitative estimate of drug-likeness (QED) is 0.528. The van der Waals surface area contributed by atoms with Gasteiger partial charge in [-0.1, -0.05) is 6.07 Å². The van der Waals surface area contributed by atoms with Crippen LogP contribution in [0.5, 0.6) is 0 Å². The van der Waals surface area contributed by atoms with Crippen LogP contribution in [0.15, 0.2) is 29.4 Å². The maximum atomic E-state index is 11.1. The third-order valence-corrected chi connectivity index (χ3v) is 2.47. The van der Waals surface area contributed by atoms with Gasteiger partial charge in [-0.05, 0) is 19.1 Å². The van der Waals surface area contributed by atoms with E-state index in [0.29, 0.717) is 0 Å². The zero-order valence-electron chi connectivity index (χ0n) is 6.60. The molecule has 0 bridgehead atoms. The second kappa shape index (κ2) is 5.72. The monoisotopic (exact) mass is 211 g/mol. The van der Waals surface area contributed by atoms with Gasteiger partial charge in [-0.2, -0.15) is 8.42 Å². The van der Waals surface area contributed by atoms with Gasteiger partial charge in [0.1, 0.15) is 0 Å². The molecule has 0 aromatic carbocycles. The molecular formula is C7H10NNaO3S. The Morgan fingerprint density at radius 3 is 2.62 bits per heavy atom. The predicted molar refractivity (Wildman–Crippen MR) is 50.2 cm³/mol. The van der Waals surface area contributed by atoms with E-state index in [1.54, 1.807) is 19.1 Å². The molecule has 0 aliphatic carbocycles. The summed E-state index contributed by atoms with van der Waals surface area (Å²) in [6.45, 7) is 1.74. The molecular weight excluding hydrogens is 201 g/mol. The van der Waals surface area contributed by atoms with Crippen molar-refractivity contribution in [2.45, 2.75) is 11.9 Å². The SMILES string of the molecule is CCOS(=O)(=O)c1ccccn1.[NaH]. The Hall–Kier alpha value is 0.0600. The fourth-order valence-corrected chi connectivity index (χ4v) is 1.58. The molecule has 0 aliphatic heterocycles. The Bertz CT molecular complexity index is 338. The average molecular weight is 211 g/mol. The van der Waals surface area contributed by atoms with E-state index in [-0.39, 0.29) is 41.2 Å². The molecule has 0 unspecified atom stereocenters. The van der Waals surface area contributed by atoms with E-state index < -0.39 is 10.1 Å². The molecule has 0 N–H and O–H groups in total. The van der Waals surface area contributed by atoms with Gasteiger partial charge in [-0.15, -0.1) is 0 Å². The molecule has 4 nitrogen and oxygen atoms in total. The van der Waals surface area contributed by atoms with E-state index in [9.17, 15) is 8.42 Å². The number of nitrogens with zero attached hydrogens (tertiary/aromatic N) is 1. The Kier molecular flexibility index (Phi) is 5.75. The Labute approximate surface area is 99.7 Å². The minimum absolute atomic E-state index is 0. The molecule has 68 valence electrons. The van der Waals surface area contributed by atoms with Crippen LogP contribution in [-0.4, -0.2) is 49.6 Å². The molecule has 0 spiro atoms. The molecule has 0 atom stereocenters. The van der Waals surface area contributed by atoms with Gasteiger partial charge in [0.25, 0.3) is 0 Å². The van der Waals surface area contributed by atoms with Crippen LogP contribution in [0.25, 0.3) is 0 Å². The van der Waals surface area contributed by atoms with E-state index in [2.05, 4.69) is 9.17 Å². The number of hydrogen-bond acceptors (Lipinski definition) is 4. The van der Waals surface area contributed by atoms with E-state index in [0.717, 1.165) is 0 Å². The van der Waals surface area contributed by atoms with Gasteiger partial charge in [0.15, 0.2) is 5.03 Å². The second-order valence-electron chi connectivity index (χ2n) is 2.03. The summed E-state index contributed by atoms with van der Waals surface area (Å²) in [4.78, 5) is 3.66. The van der Waals surface area contributed by atoms with Crippen molar-refractivity contribution in [1.82, 2.24) is 4.98 Å². The van der Waals surface area contributed by atoms with E-state index >= 15 is 0 Å². The summed E-state index contributed by atoms with van der Waals surface area (Å²) < 4.78 is 26.8. The average Bonchev–Trinajstić information content (AvgIpc) is 2.06. The molecule has 0 amide bonds. The second-order valence-corrected chi connectivity index (χ2v) is 3.59. The summed E-state index contributed by atoms with van der Waals surface area (Å²) in [5, 5.41) is -0.0492. The van der Waals surface area contributed by atoms with Crippen LogP contribution in [0.2, 0.25) is 0 Å². The van der Waals surface area contributed by atoms with Crippen molar-refractivity contribution < 1.29 is 12.6 Å². The van der Waals surface area contributed by atoms with Crippen molar-refractivity contribution in [3.05, 3.63) is 24.4 Å². The first-order chi connectivity index (χ1) is 5.67. The van der Waals surface area contributed by atoms with Crippen LogP contribution in [0.4, 0.5) is 0 Å². The van der Waals surface area contributed by atoms with Gasteiger partial charge >= 0.3 is 39.7 Å². The van der Waals surface area contributed by atoms with Crippen molar-refractivity contribution in [2.24, 2.45) is 0 Å². The predicted octanol–water partition coefficient (Wildman–Crippen LogP) is 0.158. The van der Waals surface area contributed by atoms with Gasteiger partial charge in [-0.3, -0.25) is 4.18 Å². The molecule has 0 radical (unpaired) electrons. The normalized spacial score (nSPS) is 10.5. The number of rotatable bonds is 3. The Balaban J connectivity index is 0.00000144. The Morgan fingerprint density at radius 2 is 2.15 bits per heavy atom. The summed E-state index contributed by atoms with van der Waals surface area (Å²) in [7, 11) is -3.62. The minimum atomic E-state index is -3.62. The molecule has 0 saturated carbocycles. The van der Waals surface area contributed by atoms with Gasteiger partial charge in [-0.25, -0.2) is 4.98 Å². The first kappa shape index (κ1) is 13.1. The number of hydrogen-bond donors (Lipinski definition) is 0. The number of aromatic nitrogens is 1. The summed E-state index contributed by atoms with van der Waals surface area (Å²) in [6, 6.07) is 4.63.